The van der Waals surface area contributed by atoms with E-state index in [1.165, 1.54) is 14.0 Å². The molecule has 0 atom stereocenters. The number of benzene rings is 1. The van der Waals surface area contributed by atoms with Crippen molar-refractivity contribution in [2.45, 2.75) is 20.0 Å². The van der Waals surface area contributed by atoms with Crippen LogP contribution in [-0.2, 0) is 18.0 Å². The number of rotatable bonds is 3. The number of nitrogens with one attached hydrogen (secondary N) is 1. The van der Waals surface area contributed by atoms with Gasteiger partial charge in [-0.1, -0.05) is 0 Å². The van der Waals surface area contributed by atoms with E-state index in [1.54, 1.807) is 19.1 Å². The second kappa shape index (κ2) is 6.23. The third-order valence-electron chi connectivity index (χ3n) is 2.84. The fourth-order valence-electron chi connectivity index (χ4n) is 1.89. The number of anilines is 1. The Hall–Kier alpha value is -2.03. The van der Waals surface area contributed by atoms with Gasteiger partial charge >= 0.3 is 6.18 Å². The van der Waals surface area contributed by atoms with Crippen LogP contribution in [0.5, 0.6) is 11.6 Å². The Morgan fingerprint density at radius 1 is 1.35 bits per heavy atom. The van der Waals surface area contributed by atoms with Crippen LogP contribution in [-0.4, -0.2) is 15.7 Å². The normalized spacial score (nSPS) is 11.4. The summed E-state index contributed by atoms with van der Waals surface area (Å²) in [7, 11) is 1.34. The van der Waals surface area contributed by atoms with E-state index in [-0.39, 0.29) is 17.5 Å². The van der Waals surface area contributed by atoms with Crippen molar-refractivity contribution < 1.29 is 22.7 Å². The lowest BCUT2D eigenvalue weighted by molar-refractivity contribution is -0.141. The zero-order chi connectivity index (χ0) is 17.4. The second-order valence-electron chi connectivity index (χ2n) is 4.89. The van der Waals surface area contributed by atoms with Gasteiger partial charge in [0.1, 0.15) is 0 Å². The summed E-state index contributed by atoms with van der Waals surface area (Å²) in [5, 5.41) is 5.96. The summed E-state index contributed by atoms with van der Waals surface area (Å²) in [4.78, 5) is 11.3. The standard InChI is InChI=1S/C14H13BrF3N3O2/c1-7-4-9(15)13(19-8(2)22)10(5-7)23-12-6-11(14(16,17)18)20-21(12)3/h4-6H,1-3H3,(H,19,22). The first-order valence-corrected chi connectivity index (χ1v) is 7.24. The minimum absolute atomic E-state index is 0.0959. The van der Waals surface area contributed by atoms with E-state index in [2.05, 4.69) is 26.3 Å². The van der Waals surface area contributed by atoms with Crippen LogP contribution in [0.2, 0.25) is 0 Å². The number of aryl methyl sites for hydroxylation is 2. The Labute approximate surface area is 138 Å². The van der Waals surface area contributed by atoms with Crippen molar-refractivity contribution >= 4 is 27.5 Å². The number of ether oxygens (including phenoxy) is 1. The van der Waals surface area contributed by atoms with Gasteiger partial charge in [-0.05, 0) is 40.5 Å². The van der Waals surface area contributed by atoms with Gasteiger partial charge in [0.25, 0.3) is 0 Å². The summed E-state index contributed by atoms with van der Waals surface area (Å²) in [6.45, 7) is 3.11. The van der Waals surface area contributed by atoms with E-state index in [1.807, 2.05) is 0 Å². The first-order valence-electron chi connectivity index (χ1n) is 6.44. The predicted octanol–water partition coefficient (Wildman–Crippen LogP) is 4.26. The van der Waals surface area contributed by atoms with Crippen LogP contribution >= 0.6 is 15.9 Å². The molecule has 1 aromatic carbocycles. The maximum atomic E-state index is 12.7. The third-order valence-corrected chi connectivity index (χ3v) is 3.47. The zero-order valence-corrected chi connectivity index (χ0v) is 14.0. The van der Waals surface area contributed by atoms with Crippen LogP contribution in [0.4, 0.5) is 18.9 Å². The number of halogens is 4. The Morgan fingerprint density at radius 2 is 2.00 bits per heavy atom. The SMILES string of the molecule is CC(=O)Nc1c(Br)cc(C)cc1Oc1cc(C(F)(F)F)nn1C. The molecule has 9 heteroatoms. The van der Waals surface area contributed by atoms with Gasteiger partial charge < -0.3 is 10.1 Å². The molecule has 124 valence electrons. The summed E-state index contributed by atoms with van der Waals surface area (Å²) in [6.07, 6.45) is -4.56. The van der Waals surface area contributed by atoms with Crippen molar-refractivity contribution in [3.63, 3.8) is 0 Å². The number of amides is 1. The molecular weight excluding hydrogens is 379 g/mol. The molecular formula is C14H13BrF3N3O2. The highest BCUT2D eigenvalue weighted by Gasteiger charge is 2.35. The van der Waals surface area contributed by atoms with Gasteiger partial charge in [-0.15, -0.1) is 0 Å². The molecule has 1 N–H and O–H groups in total. The predicted molar refractivity (Wildman–Crippen MR) is 81.5 cm³/mol. The maximum Gasteiger partial charge on any atom is 0.435 e. The van der Waals surface area contributed by atoms with Crippen molar-refractivity contribution in [2.75, 3.05) is 5.32 Å². The van der Waals surface area contributed by atoms with Crippen LogP contribution in [0.3, 0.4) is 0 Å². The Kier molecular flexibility index (Phi) is 4.69. The molecule has 2 rings (SSSR count). The summed E-state index contributed by atoms with van der Waals surface area (Å²) in [5.74, 6) is -0.217. The van der Waals surface area contributed by atoms with Gasteiger partial charge in [0.2, 0.25) is 11.8 Å². The van der Waals surface area contributed by atoms with E-state index >= 15 is 0 Å². The molecule has 0 fully saturated rings. The van der Waals surface area contributed by atoms with Crippen LogP contribution in [0.25, 0.3) is 0 Å². The number of alkyl halides is 3. The maximum absolute atomic E-state index is 12.7. The highest BCUT2D eigenvalue weighted by Crippen LogP contribution is 2.38. The van der Waals surface area contributed by atoms with Crippen molar-refractivity contribution in [1.82, 2.24) is 9.78 Å². The van der Waals surface area contributed by atoms with Gasteiger partial charge in [0.15, 0.2) is 11.4 Å². The fourth-order valence-corrected chi connectivity index (χ4v) is 2.54. The molecule has 0 unspecified atom stereocenters. The van der Waals surface area contributed by atoms with Crippen LogP contribution < -0.4 is 10.1 Å². The van der Waals surface area contributed by atoms with Gasteiger partial charge in [-0.2, -0.15) is 18.3 Å². The molecule has 0 spiro atoms. The highest BCUT2D eigenvalue weighted by atomic mass is 79.9. The average molecular weight is 392 g/mol. The smallest absolute Gasteiger partial charge is 0.435 e. The minimum atomic E-state index is -4.56. The Bertz CT molecular complexity index is 756. The van der Waals surface area contributed by atoms with Gasteiger partial charge in [0, 0.05) is 24.5 Å². The molecule has 2 aromatic rings. The van der Waals surface area contributed by atoms with Crippen LogP contribution in [0.15, 0.2) is 22.7 Å². The molecule has 0 bridgehead atoms. The quantitative estimate of drug-likeness (QED) is 0.850. The number of nitrogens with zero attached hydrogens (tertiary/aromatic N) is 2. The largest absolute Gasteiger partial charge is 0.437 e. The van der Waals surface area contributed by atoms with Crippen molar-refractivity contribution in [2.24, 2.45) is 7.05 Å². The number of aromatic nitrogens is 2. The molecule has 0 saturated carbocycles. The molecule has 1 heterocycles. The highest BCUT2D eigenvalue weighted by molar-refractivity contribution is 9.10. The van der Waals surface area contributed by atoms with Crippen molar-refractivity contribution in [1.29, 1.82) is 0 Å². The summed E-state index contributed by atoms with van der Waals surface area (Å²) >= 11 is 3.30. The number of hydrogen-bond donors (Lipinski definition) is 1. The van der Waals surface area contributed by atoms with Crippen molar-refractivity contribution in [3.8, 4) is 11.6 Å². The molecule has 0 aliphatic rings. The topological polar surface area (TPSA) is 56.1 Å². The average Bonchev–Trinajstić information content (AvgIpc) is 2.75. The molecule has 23 heavy (non-hydrogen) atoms. The molecule has 5 nitrogen and oxygen atoms in total. The lowest BCUT2D eigenvalue weighted by atomic mass is 10.2. The zero-order valence-electron chi connectivity index (χ0n) is 12.5. The van der Waals surface area contributed by atoms with E-state index in [0.717, 1.165) is 16.3 Å². The first kappa shape index (κ1) is 17.3. The molecule has 0 saturated heterocycles. The first-order chi connectivity index (χ1) is 10.6. The number of carbonyl (C=O) groups excluding carboxylic acids is 1. The molecule has 0 aliphatic heterocycles. The second-order valence-corrected chi connectivity index (χ2v) is 5.75. The molecule has 0 aliphatic carbocycles. The minimum Gasteiger partial charge on any atom is -0.437 e. The van der Waals surface area contributed by atoms with Crippen LogP contribution in [0, 0.1) is 6.92 Å². The molecule has 1 amide bonds. The lowest BCUT2D eigenvalue weighted by Gasteiger charge is -2.14. The fraction of sp³-hybridized carbons (Fsp3) is 0.286. The van der Waals surface area contributed by atoms with Gasteiger partial charge in [-0.3, -0.25) is 4.79 Å². The van der Waals surface area contributed by atoms with Gasteiger partial charge in [-0.25, -0.2) is 4.68 Å². The number of hydrogen-bond acceptors (Lipinski definition) is 3. The van der Waals surface area contributed by atoms with Gasteiger partial charge in [0.05, 0.1) is 5.69 Å². The molecule has 1 aromatic heterocycles. The summed E-state index contributed by atoms with van der Waals surface area (Å²) in [5.41, 5.74) is 0.0832. The Morgan fingerprint density at radius 3 is 2.52 bits per heavy atom. The number of carbonyl (C=O) groups is 1. The third kappa shape index (κ3) is 4.04. The van der Waals surface area contributed by atoms with E-state index in [0.29, 0.717) is 10.2 Å². The van der Waals surface area contributed by atoms with E-state index < -0.39 is 11.9 Å². The van der Waals surface area contributed by atoms with Crippen molar-refractivity contribution in [3.05, 3.63) is 33.9 Å². The molecule has 0 radical (unpaired) electrons. The lowest BCUT2D eigenvalue weighted by Crippen LogP contribution is -2.08. The summed E-state index contributed by atoms with van der Waals surface area (Å²) < 4.78 is 45.2. The van der Waals surface area contributed by atoms with E-state index in [9.17, 15) is 18.0 Å². The summed E-state index contributed by atoms with van der Waals surface area (Å²) in [6, 6.07) is 4.16. The van der Waals surface area contributed by atoms with Crippen LogP contribution in [0.1, 0.15) is 18.2 Å². The van der Waals surface area contributed by atoms with E-state index in [4.69, 9.17) is 4.74 Å². The Balaban J connectivity index is 2.44. The monoisotopic (exact) mass is 391 g/mol.